The fourth-order valence-corrected chi connectivity index (χ4v) is 1.76. The molecule has 25 heavy (non-hydrogen) atoms. The number of nitrogens with zero attached hydrogens (tertiary/aromatic N) is 1. The maximum absolute atomic E-state index is 12.1. The Morgan fingerprint density at radius 3 is 2.44 bits per heavy atom. The normalized spacial score (nSPS) is 10.8. The van der Waals surface area contributed by atoms with Crippen LogP contribution in [-0.2, 0) is 0 Å². The van der Waals surface area contributed by atoms with Gasteiger partial charge in [-0.3, -0.25) is 4.79 Å². The first-order valence-corrected chi connectivity index (χ1v) is 7.18. The SMILES string of the molecule is C=CCOc1ccc(C(=O)Nc2ccc(OCC(F)(F)F)nc2)cc1. The first-order chi connectivity index (χ1) is 11.9. The number of amides is 1. The van der Waals surface area contributed by atoms with Crippen molar-refractivity contribution in [3.05, 3.63) is 60.8 Å². The number of ether oxygens (including phenoxy) is 2. The molecule has 0 aliphatic heterocycles. The lowest BCUT2D eigenvalue weighted by Crippen LogP contribution is -2.19. The van der Waals surface area contributed by atoms with E-state index >= 15 is 0 Å². The maximum atomic E-state index is 12.1. The molecule has 2 rings (SSSR count). The van der Waals surface area contributed by atoms with Crippen molar-refractivity contribution in [2.75, 3.05) is 18.5 Å². The summed E-state index contributed by atoms with van der Waals surface area (Å²) in [7, 11) is 0. The quantitative estimate of drug-likeness (QED) is 0.769. The van der Waals surface area contributed by atoms with Gasteiger partial charge in [-0.15, -0.1) is 0 Å². The Bertz CT molecular complexity index is 713. The predicted octanol–water partition coefficient (Wildman–Crippen LogP) is 3.84. The zero-order chi connectivity index (χ0) is 18.3. The average molecular weight is 352 g/mol. The molecule has 132 valence electrons. The van der Waals surface area contributed by atoms with Crippen LogP contribution in [-0.4, -0.2) is 30.3 Å². The fraction of sp³-hybridized carbons (Fsp3) is 0.176. The predicted molar refractivity (Wildman–Crippen MR) is 85.9 cm³/mol. The fourth-order valence-electron chi connectivity index (χ4n) is 1.76. The van der Waals surface area contributed by atoms with Gasteiger partial charge in [-0.1, -0.05) is 12.7 Å². The molecule has 0 saturated heterocycles. The molecule has 0 aliphatic carbocycles. The van der Waals surface area contributed by atoms with Crippen molar-refractivity contribution in [2.45, 2.75) is 6.18 Å². The topological polar surface area (TPSA) is 60.5 Å². The average Bonchev–Trinajstić information content (AvgIpc) is 2.59. The van der Waals surface area contributed by atoms with Crippen LogP contribution in [0.3, 0.4) is 0 Å². The molecular weight excluding hydrogens is 337 g/mol. The van der Waals surface area contributed by atoms with Gasteiger partial charge in [0.2, 0.25) is 5.88 Å². The van der Waals surface area contributed by atoms with Crippen LogP contribution in [0.2, 0.25) is 0 Å². The van der Waals surface area contributed by atoms with E-state index < -0.39 is 12.8 Å². The molecule has 0 bridgehead atoms. The molecule has 0 spiro atoms. The van der Waals surface area contributed by atoms with Crippen LogP contribution in [0, 0.1) is 0 Å². The lowest BCUT2D eigenvalue weighted by Gasteiger charge is -2.09. The van der Waals surface area contributed by atoms with Crippen molar-refractivity contribution >= 4 is 11.6 Å². The van der Waals surface area contributed by atoms with Gasteiger partial charge in [0.25, 0.3) is 5.91 Å². The second-order valence-corrected chi connectivity index (χ2v) is 4.87. The van der Waals surface area contributed by atoms with Crippen molar-refractivity contribution in [1.29, 1.82) is 0 Å². The Labute approximate surface area is 142 Å². The number of hydrogen-bond donors (Lipinski definition) is 1. The van der Waals surface area contributed by atoms with E-state index in [1.807, 2.05) is 0 Å². The van der Waals surface area contributed by atoms with Crippen molar-refractivity contribution < 1.29 is 27.4 Å². The van der Waals surface area contributed by atoms with Gasteiger partial charge < -0.3 is 14.8 Å². The molecule has 0 atom stereocenters. The summed E-state index contributed by atoms with van der Waals surface area (Å²) < 4.78 is 46.0. The number of alkyl halides is 3. The lowest BCUT2D eigenvalue weighted by atomic mass is 10.2. The molecule has 2 aromatic rings. The second kappa shape index (κ2) is 8.18. The van der Waals surface area contributed by atoms with Crippen molar-refractivity contribution in [3.8, 4) is 11.6 Å². The van der Waals surface area contributed by atoms with Crippen LogP contribution in [0.15, 0.2) is 55.3 Å². The number of carbonyl (C=O) groups is 1. The highest BCUT2D eigenvalue weighted by atomic mass is 19.4. The second-order valence-electron chi connectivity index (χ2n) is 4.87. The molecule has 1 aromatic carbocycles. The van der Waals surface area contributed by atoms with Crippen LogP contribution in [0.5, 0.6) is 11.6 Å². The number of pyridine rings is 1. The minimum absolute atomic E-state index is 0.181. The van der Waals surface area contributed by atoms with Crippen LogP contribution >= 0.6 is 0 Å². The Morgan fingerprint density at radius 2 is 1.88 bits per heavy atom. The Balaban J connectivity index is 1.92. The van der Waals surface area contributed by atoms with E-state index in [4.69, 9.17) is 4.74 Å². The third kappa shape index (κ3) is 6.17. The monoisotopic (exact) mass is 352 g/mol. The maximum Gasteiger partial charge on any atom is 0.422 e. The van der Waals surface area contributed by atoms with Crippen LogP contribution in [0.4, 0.5) is 18.9 Å². The lowest BCUT2D eigenvalue weighted by molar-refractivity contribution is -0.154. The highest BCUT2D eigenvalue weighted by Crippen LogP contribution is 2.19. The molecule has 0 fully saturated rings. The van der Waals surface area contributed by atoms with Crippen LogP contribution in [0.1, 0.15) is 10.4 Å². The number of benzene rings is 1. The van der Waals surface area contributed by atoms with Gasteiger partial charge in [0.15, 0.2) is 6.61 Å². The Kier molecular flexibility index (Phi) is 5.99. The molecule has 0 radical (unpaired) electrons. The summed E-state index contributed by atoms with van der Waals surface area (Å²) in [6.45, 7) is 2.47. The van der Waals surface area contributed by atoms with E-state index in [9.17, 15) is 18.0 Å². The number of aromatic nitrogens is 1. The summed E-state index contributed by atoms with van der Waals surface area (Å²) in [5, 5.41) is 2.58. The molecule has 0 aliphatic rings. The van der Waals surface area contributed by atoms with E-state index in [0.717, 1.165) is 0 Å². The van der Waals surface area contributed by atoms with E-state index in [2.05, 4.69) is 21.6 Å². The zero-order valence-corrected chi connectivity index (χ0v) is 13.0. The molecular formula is C17H15F3N2O3. The van der Waals surface area contributed by atoms with E-state index in [0.29, 0.717) is 23.6 Å². The number of hydrogen-bond acceptors (Lipinski definition) is 4. The van der Waals surface area contributed by atoms with Crippen molar-refractivity contribution in [3.63, 3.8) is 0 Å². The van der Waals surface area contributed by atoms with Gasteiger partial charge in [0.1, 0.15) is 12.4 Å². The largest absolute Gasteiger partial charge is 0.490 e. The minimum Gasteiger partial charge on any atom is -0.490 e. The molecule has 8 heteroatoms. The summed E-state index contributed by atoms with van der Waals surface area (Å²) in [4.78, 5) is 15.8. The highest BCUT2D eigenvalue weighted by molar-refractivity contribution is 6.04. The van der Waals surface area contributed by atoms with Gasteiger partial charge in [-0.2, -0.15) is 13.2 Å². The number of nitrogens with one attached hydrogen (secondary N) is 1. The number of rotatable bonds is 7. The first kappa shape index (κ1) is 18.3. The number of anilines is 1. The summed E-state index contributed by atoms with van der Waals surface area (Å²) in [6.07, 6.45) is -1.61. The summed E-state index contributed by atoms with van der Waals surface area (Å²) in [6, 6.07) is 9.10. The van der Waals surface area contributed by atoms with E-state index in [1.54, 1.807) is 30.3 Å². The van der Waals surface area contributed by atoms with Crippen LogP contribution < -0.4 is 14.8 Å². The Morgan fingerprint density at radius 1 is 1.16 bits per heavy atom. The molecule has 1 aromatic heterocycles. The van der Waals surface area contributed by atoms with Gasteiger partial charge in [-0.05, 0) is 30.3 Å². The standard InChI is InChI=1S/C17H15F3N2O3/c1-2-9-24-14-6-3-12(4-7-14)16(23)22-13-5-8-15(21-10-13)25-11-17(18,19)20/h2-8,10H,1,9,11H2,(H,22,23). The van der Waals surface area contributed by atoms with E-state index in [1.165, 1.54) is 18.3 Å². The summed E-state index contributed by atoms with van der Waals surface area (Å²) in [5.41, 5.74) is 0.722. The third-order valence-corrected chi connectivity index (χ3v) is 2.86. The van der Waals surface area contributed by atoms with Gasteiger partial charge in [0, 0.05) is 11.6 Å². The first-order valence-electron chi connectivity index (χ1n) is 7.18. The third-order valence-electron chi connectivity index (χ3n) is 2.86. The summed E-state index contributed by atoms with van der Waals surface area (Å²) in [5.74, 6) is 0.0318. The Hall–Kier alpha value is -3.03. The molecule has 0 unspecified atom stereocenters. The molecule has 1 heterocycles. The molecule has 0 saturated carbocycles. The number of carbonyl (C=O) groups excluding carboxylic acids is 1. The van der Waals surface area contributed by atoms with Crippen LogP contribution in [0.25, 0.3) is 0 Å². The molecule has 1 amide bonds. The van der Waals surface area contributed by atoms with Gasteiger partial charge in [-0.25, -0.2) is 4.98 Å². The van der Waals surface area contributed by atoms with Crippen molar-refractivity contribution in [2.24, 2.45) is 0 Å². The molecule has 1 N–H and O–H groups in total. The van der Waals surface area contributed by atoms with E-state index in [-0.39, 0.29) is 11.8 Å². The molecule has 5 nitrogen and oxygen atoms in total. The minimum atomic E-state index is -4.43. The number of halogens is 3. The van der Waals surface area contributed by atoms with Gasteiger partial charge in [0.05, 0.1) is 11.9 Å². The summed E-state index contributed by atoms with van der Waals surface area (Å²) >= 11 is 0. The zero-order valence-electron chi connectivity index (χ0n) is 13.0. The van der Waals surface area contributed by atoms with Gasteiger partial charge >= 0.3 is 6.18 Å². The van der Waals surface area contributed by atoms with Crippen molar-refractivity contribution in [1.82, 2.24) is 4.98 Å². The smallest absolute Gasteiger partial charge is 0.422 e. The highest BCUT2D eigenvalue weighted by Gasteiger charge is 2.28.